The van der Waals surface area contributed by atoms with E-state index in [9.17, 15) is 0 Å². The summed E-state index contributed by atoms with van der Waals surface area (Å²) in [6.07, 6.45) is 8.20. The van der Waals surface area contributed by atoms with Crippen LogP contribution in [0.25, 0.3) is 0 Å². The second kappa shape index (κ2) is 3.92. The first-order chi connectivity index (χ1) is 6.40. The molecule has 0 spiro atoms. The molecule has 13 heavy (non-hydrogen) atoms. The molecule has 2 N–H and O–H groups in total. The van der Waals surface area contributed by atoms with Crippen molar-refractivity contribution >= 4 is 0 Å². The van der Waals surface area contributed by atoms with Crippen molar-refractivity contribution in [2.75, 3.05) is 6.54 Å². The maximum atomic E-state index is 5.63. The lowest BCUT2D eigenvalue weighted by atomic mass is 9.82. The van der Waals surface area contributed by atoms with E-state index in [2.05, 4.69) is 4.98 Å². The number of rotatable bonds is 2. The summed E-state index contributed by atoms with van der Waals surface area (Å²) < 4.78 is 5.30. The van der Waals surface area contributed by atoms with Crippen LogP contribution in [0, 0.1) is 5.92 Å². The van der Waals surface area contributed by atoms with Crippen LogP contribution in [-0.2, 0) is 0 Å². The molecule has 0 unspecified atom stereocenters. The van der Waals surface area contributed by atoms with Gasteiger partial charge in [0.25, 0.3) is 0 Å². The van der Waals surface area contributed by atoms with Crippen LogP contribution in [0.2, 0.25) is 0 Å². The van der Waals surface area contributed by atoms with E-state index in [0.717, 1.165) is 18.4 Å². The Balaban J connectivity index is 1.92. The van der Waals surface area contributed by atoms with Gasteiger partial charge in [-0.05, 0) is 38.1 Å². The highest BCUT2D eigenvalue weighted by Gasteiger charge is 2.23. The molecular weight excluding hydrogens is 164 g/mol. The van der Waals surface area contributed by atoms with Gasteiger partial charge in [-0.15, -0.1) is 0 Å². The van der Waals surface area contributed by atoms with Gasteiger partial charge in [0.2, 0.25) is 0 Å². The first-order valence-corrected chi connectivity index (χ1v) is 4.99. The van der Waals surface area contributed by atoms with E-state index in [1.807, 2.05) is 0 Å². The molecule has 0 saturated heterocycles. The van der Waals surface area contributed by atoms with E-state index < -0.39 is 0 Å². The number of hydrogen-bond acceptors (Lipinski definition) is 3. The van der Waals surface area contributed by atoms with Gasteiger partial charge < -0.3 is 10.2 Å². The molecule has 0 amide bonds. The zero-order valence-electron chi connectivity index (χ0n) is 7.78. The lowest BCUT2D eigenvalue weighted by Crippen LogP contribution is -2.20. The van der Waals surface area contributed by atoms with Crippen LogP contribution in [0.3, 0.4) is 0 Å². The number of aromatic nitrogens is 1. The Morgan fingerprint density at radius 2 is 2.15 bits per heavy atom. The Hall–Kier alpha value is -0.830. The van der Waals surface area contributed by atoms with Gasteiger partial charge >= 0.3 is 0 Å². The molecule has 1 aliphatic rings. The third-order valence-electron chi connectivity index (χ3n) is 2.98. The standard InChI is InChI=1S/C10H16N2O/c11-7-8-1-3-9(4-2-8)10-12-5-6-13-10/h5-6,8-9H,1-4,7,11H2. The summed E-state index contributed by atoms with van der Waals surface area (Å²) in [6.45, 7) is 0.832. The van der Waals surface area contributed by atoms with E-state index in [1.165, 1.54) is 25.7 Å². The fourth-order valence-electron chi connectivity index (χ4n) is 2.08. The lowest BCUT2D eigenvalue weighted by molar-refractivity contribution is 0.297. The first kappa shape index (κ1) is 8.75. The van der Waals surface area contributed by atoms with Crippen molar-refractivity contribution in [3.05, 3.63) is 18.4 Å². The molecule has 0 radical (unpaired) electrons. The van der Waals surface area contributed by atoms with Crippen LogP contribution in [0.4, 0.5) is 0 Å². The predicted octanol–water partition coefficient (Wildman–Crippen LogP) is 1.91. The van der Waals surface area contributed by atoms with Crippen LogP contribution in [-0.4, -0.2) is 11.5 Å². The molecule has 72 valence electrons. The third-order valence-corrected chi connectivity index (χ3v) is 2.98. The minimum absolute atomic E-state index is 0.540. The first-order valence-electron chi connectivity index (χ1n) is 4.99. The van der Waals surface area contributed by atoms with E-state index >= 15 is 0 Å². The molecule has 1 saturated carbocycles. The van der Waals surface area contributed by atoms with E-state index in [4.69, 9.17) is 10.2 Å². The summed E-state index contributed by atoms with van der Waals surface area (Å²) in [5.74, 6) is 2.18. The smallest absolute Gasteiger partial charge is 0.197 e. The molecule has 0 aliphatic heterocycles. The summed E-state index contributed by atoms with van der Waals surface area (Å²) in [5.41, 5.74) is 5.63. The normalized spacial score (nSPS) is 29.0. The third kappa shape index (κ3) is 1.91. The van der Waals surface area contributed by atoms with E-state index in [-0.39, 0.29) is 0 Å². The molecule has 1 heterocycles. The highest BCUT2D eigenvalue weighted by Crippen LogP contribution is 2.34. The Morgan fingerprint density at radius 1 is 1.38 bits per heavy atom. The average molecular weight is 180 g/mol. The lowest BCUT2D eigenvalue weighted by Gasteiger charge is -2.25. The molecule has 0 atom stereocenters. The fraction of sp³-hybridized carbons (Fsp3) is 0.700. The molecular formula is C10H16N2O. The van der Waals surface area contributed by atoms with E-state index in [1.54, 1.807) is 12.5 Å². The van der Waals surface area contributed by atoms with Gasteiger partial charge in [-0.1, -0.05) is 0 Å². The summed E-state index contributed by atoms with van der Waals surface area (Å²) in [6, 6.07) is 0. The highest BCUT2D eigenvalue weighted by molar-refractivity contribution is 4.94. The molecule has 0 aromatic carbocycles. The Kier molecular flexibility index (Phi) is 2.64. The molecule has 1 aliphatic carbocycles. The van der Waals surface area contributed by atoms with Crippen molar-refractivity contribution < 1.29 is 4.42 Å². The quantitative estimate of drug-likeness (QED) is 0.756. The molecule has 2 rings (SSSR count). The van der Waals surface area contributed by atoms with Crippen molar-refractivity contribution in [3.63, 3.8) is 0 Å². The molecule has 0 bridgehead atoms. The largest absolute Gasteiger partial charge is 0.449 e. The van der Waals surface area contributed by atoms with Crippen molar-refractivity contribution in [2.45, 2.75) is 31.6 Å². The molecule has 1 aromatic rings. The zero-order chi connectivity index (χ0) is 9.10. The average Bonchev–Trinajstić information content (AvgIpc) is 2.71. The number of nitrogens with two attached hydrogens (primary N) is 1. The minimum atomic E-state index is 0.540. The van der Waals surface area contributed by atoms with Gasteiger partial charge in [0.05, 0.1) is 6.20 Å². The van der Waals surface area contributed by atoms with Gasteiger partial charge in [-0.2, -0.15) is 0 Å². The summed E-state index contributed by atoms with van der Waals surface area (Å²) in [5, 5.41) is 0. The van der Waals surface area contributed by atoms with Gasteiger partial charge in [-0.25, -0.2) is 4.98 Å². The van der Waals surface area contributed by atoms with Gasteiger partial charge in [-0.3, -0.25) is 0 Å². The maximum absolute atomic E-state index is 5.63. The second-order valence-corrected chi connectivity index (χ2v) is 3.82. The summed E-state index contributed by atoms with van der Waals surface area (Å²) in [4.78, 5) is 4.19. The Labute approximate surface area is 78.3 Å². The van der Waals surface area contributed by atoms with Crippen LogP contribution < -0.4 is 5.73 Å². The van der Waals surface area contributed by atoms with Crippen molar-refractivity contribution in [1.82, 2.24) is 4.98 Å². The Morgan fingerprint density at radius 3 is 2.69 bits per heavy atom. The van der Waals surface area contributed by atoms with Crippen LogP contribution in [0.5, 0.6) is 0 Å². The van der Waals surface area contributed by atoms with Gasteiger partial charge in [0.1, 0.15) is 6.26 Å². The molecule has 1 aromatic heterocycles. The van der Waals surface area contributed by atoms with E-state index in [0.29, 0.717) is 5.92 Å². The molecule has 3 nitrogen and oxygen atoms in total. The summed E-state index contributed by atoms with van der Waals surface area (Å²) >= 11 is 0. The predicted molar refractivity (Wildman–Crippen MR) is 50.3 cm³/mol. The van der Waals surface area contributed by atoms with Crippen LogP contribution in [0.15, 0.2) is 16.9 Å². The number of nitrogens with zero attached hydrogens (tertiary/aromatic N) is 1. The van der Waals surface area contributed by atoms with Crippen molar-refractivity contribution in [2.24, 2.45) is 11.7 Å². The van der Waals surface area contributed by atoms with Gasteiger partial charge in [0.15, 0.2) is 5.89 Å². The van der Waals surface area contributed by atoms with Gasteiger partial charge in [0, 0.05) is 5.92 Å². The molecule has 3 heteroatoms. The monoisotopic (exact) mass is 180 g/mol. The second-order valence-electron chi connectivity index (χ2n) is 3.82. The van der Waals surface area contributed by atoms with Crippen LogP contribution >= 0.6 is 0 Å². The molecule has 1 fully saturated rings. The Bertz CT molecular complexity index is 237. The minimum Gasteiger partial charge on any atom is -0.449 e. The van der Waals surface area contributed by atoms with Crippen LogP contribution in [0.1, 0.15) is 37.5 Å². The maximum Gasteiger partial charge on any atom is 0.197 e. The highest BCUT2D eigenvalue weighted by atomic mass is 16.3. The van der Waals surface area contributed by atoms with Crippen molar-refractivity contribution in [3.8, 4) is 0 Å². The zero-order valence-corrected chi connectivity index (χ0v) is 7.78. The SMILES string of the molecule is NCC1CCC(c2ncco2)CC1. The number of oxazole rings is 1. The number of hydrogen-bond donors (Lipinski definition) is 1. The summed E-state index contributed by atoms with van der Waals surface area (Å²) in [7, 11) is 0. The topological polar surface area (TPSA) is 52.0 Å². The van der Waals surface area contributed by atoms with Crippen molar-refractivity contribution in [1.29, 1.82) is 0 Å². The fourth-order valence-corrected chi connectivity index (χ4v) is 2.08.